The summed E-state index contributed by atoms with van der Waals surface area (Å²) in [5, 5.41) is 3.33. The standard InChI is InChI=1S/C20H32N4O/c1-25-19-7-5-18(6-8-19)15-24-11-9-17(10-12-24)14-23-20(21)22-13-16-3-2-4-16/h5-8,16-17H,2-4,9-15H2,1H3,(H3,21,22,23). The largest absolute Gasteiger partial charge is 0.497 e. The van der Waals surface area contributed by atoms with Crippen molar-refractivity contribution in [3.8, 4) is 5.75 Å². The van der Waals surface area contributed by atoms with E-state index in [1.807, 2.05) is 12.1 Å². The number of hydrogen-bond donors (Lipinski definition) is 2. The van der Waals surface area contributed by atoms with Crippen LogP contribution in [-0.4, -0.2) is 44.1 Å². The minimum Gasteiger partial charge on any atom is -0.497 e. The van der Waals surface area contributed by atoms with Crippen LogP contribution in [0.3, 0.4) is 0 Å². The summed E-state index contributed by atoms with van der Waals surface area (Å²) in [6, 6.07) is 8.40. The Balaban J connectivity index is 1.33. The van der Waals surface area contributed by atoms with Crippen molar-refractivity contribution in [2.24, 2.45) is 22.6 Å². The monoisotopic (exact) mass is 344 g/mol. The number of hydrogen-bond acceptors (Lipinski definition) is 3. The number of nitrogens with zero attached hydrogens (tertiary/aromatic N) is 2. The highest BCUT2D eigenvalue weighted by atomic mass is 16.5. The Morgan fingerprint density at radius 3 is 2.48 bits per heavy atom. The van der Waals surface area contributed by atoms with E-state index in [1.165, 1.54) is 37.7 Å². The van der Waals surface area contributed by atoms with Gasteiger partial charge in [-0.05, 0) is 68.3 Å². The first kappa shape index (κ1) is 18.1. The molecule has 1 heterocycles. The SMILES string of the molecule is COc1ccc(CN2CCC(CNC(N)=NCC3CCC3)CC2)cc1. The molecule has 2 aliphatic rings. The van der Waals surface area contributed by atoms with Crippen molar-refractivity contribution in [1.82, 2.24) is 10.2 Å². The predicted molar refractivity (Wildman–Crippen MR) is 103 cm³/mol. The minimum absolute atomic E-state index is 0.632. The zero-order valence-electron chi connectivity index (χ0n) is 15.4. The molecule has 5 heteroatoms. The fourth-order valence-corrected chi connectivity index (χ4v) is 3.55. The Kier molecular flexibility index (Phi) is 6.56. The Morgan fingerprint density at radius 1 is 1.16 bits per heavy atom. The molecule has 0 bridgehead atoms. The van der Waals surface area contributed by atoms with Crippen LogP contribution in [0.2, 0.25) is 0 Å². The molecule has 0 aromatic heterocycles. The lowest BCUT2D eigenvalue weighted by atomic mass is 9.86. The Bertz CT molecular complexity index is 545. The van der Waals surface area contributed by atoms with E-state index in [-0.39, 0.29) is 0 Å². The van der Waals surface area contributed by atoms with Crippen LogP contribution in [-0.2, 0) is 6.54 Å². The van der Waals surface area contributed by atoms with Gasteiger partial charge in [0.25, 0.3) is 0 Å². The summed E-state index contributed by atoms with van der Waals surface area (Å²) in [6.07, 6.45) is 6.45. The molecular weight excluding hydrogens is 312 g/mol. The van der Waals surface area contributed by atoms with Crippen LogP contribution < -0.4 is 15.8 Å². The summed E-state index contributed by atoms with van der Waals surface area (Å²) in [7, 11) is 1.71. The predicted octanol–water partition coefficient (Wildman–Crippen LogP) is 2.61. The third-order valence-corrected chi connectivity index (χ3v) is 5.59. The van der Waals surface area contributed by atoms with E-state index in [1.54, 1.807) is 7.11 Å². The molecule has 0 spiro atoms. The van der Waals surface area contributed by atoms with E-state index >= 15 is 0 Å². The Morgan fingerprint density at radius 2 is 1.88 bits per heavy atom. The van der Waals surface area contributed by atoms with Gasteiger partial charge >= 0.3 is 0 Å². The molecule has 0 radical (unpaired) electrons. The lowest BCUT2D eigenvalue weighted by Crippen LogP contribution is -2.40. The highest BCUT2D eigenvalue weighted by molar-refractivity contribution is 5.77. The molecule has 2 fully saturated rings. The fraction of sp³-hybridized carbons (Fsp3) is 0.650. The van der Waals surface area contributed by atoms with E-state index in [0.29, 0.717) is 11.9 Å². The van der Waals surface area contributed by atoms with Gasteiger partial charge in [0.1, 0.15) is 5.75 Å². The quantitative estimate of drug-likeness (QED) is 0.589. The summed E-state index contributed by atoms with van der Waals surface area (Å²) in [6.45, 7) is 5.18. The molecule has 1 saturated heterocycles. The van der Waals surface area contributed by atoms with Crippen molar-refractivity contribution in [2.75, 3.05) is 33.3 Å². The summed E-state index contributed by atoms with van der Waals surface area (Å²) in [5.74, 6) is 3.03. The van der Waals surface area contributed by atoms with Crippen molar-refractivity contribution >= 4 is 5.96 Å². The van der Waals surface area contributed by atoms with Crippen molar-refractivity contribution in [2.45, 2.75) is 38.6 Å². The van der Waals surface area contributed by atoms with Crippen LogP contribution in [0.1, 0.15) is 37.7 Å². The number of guanidine groups is 1. The highest BCUT2D eigenvalue weighted by Crippen LogP contribution is 2.26. The van der Waals surface area contributed by atoms with Crippen molar-refractivity contribution in [3.05, 3.63) is 29.8 Å². The van der Waals surface area contributed by atoms with Crippen LogP contribution in [0.4, 0.5) is 0 Å². The van der Waals surface area contributed by atoms with E-state index in [2.05, 4.69) is 27.3 Å². The first-order valence-corrected chi connectivity index (χ1v) is 9.62. The normalized spacial score (nSPS) is 20.3. The van der Waals surface area contributed by atoms with E-state index in [9.17, 15) is 0 Å². The maximum atomic E-state index is 5.99. The van der Waals surface area contributed by atoms with Crippen LogP contribution in [0.15, 0.2) is 29.3 Å². The van der Waals surface area contributed by atoms with Crippen LogP contribution in [0.25, 0.3) is 0 Å². The maximum absolute atomic E-state index is 5.99. The van der Waals surface area contributed by atoms with E-state index in [0.717, 1.165) is 44.4 Å². The molecule has 1 aromatic carbocycles. The van der Waals surface area contributed by atoms with Gasteiger partial charge < -0.3 is 15.8 Å². The molecular formula is C20H32N4O. The number of rotatable bonds is 7. The van der Waals surface area contributed by atoms with Crippen molar-refractivity contribution in [1.29, 1.82) is 0 Å². The molecule has 1 aliphatic carbocycles. The molecule has 138 valence electrons. The summed E-state index contributed by atoms with van der Waals surface area (Å²) in [4.78, 5) is 7.01. The van der Waals surface area contributed by atoms with Gasteiger partial charge in [-0.1, -0.05) is 18.6 Å². The third-order valence-electron chi connectivity index (χ3n) is 5.59. The molecule has 0 amide bonds. The van der Waals surface area contributed by atoms with Gasteiger partial charge in [0.15, 0.2) is 5.96 Å². The lowest BCUT2D eigenvalue weighted by Gasteiger charge is -2.32. The molecule has 1 aromatic rings. The molecule has 1 saturated carbocycles. The van der Waals surface area contributed by atoms with E-state index in [4.69, 9.17) is 10.5 Å². The highest BCUT2D eigenvalue weighted by Gasteiger charge is 2.20. The molecule has 5 nitrogen and oxygen atoms in total. The van der Waals surface area contributed by atoms with Gasteiger partial charge in [-0.15, -0.1) is 0 Å². The van der Waals surface area contributed by atoms with Crippen LogP contribution in [0, 0.1) is 11.8 Å². The van der Waals surface area contributed by atoms with Crippen molar-refractivity contribution < 1.29 is 4.74 Å². The zero-order chi connectivity index (χ0) is 17.5. The molecule has 3 rings (SSSR count). The number of nitrogens with one attached hydrogen (secondary N) is 1. The van der Waals surface area contributed by atoms with E-state index < -0.39 is 0 Å². The first-order chi connectivity index (χ1) is 12.2. The molecule has 25 heavy (non-hydrogen) atoms. The van der Waals surface area contributed by atoms with Crippen molar-refractivity contribution in [3.63, 3.8) is 0 Å². The number of methoxy groups -OCH3 is 1. The molecule has 3 N–H and O–H groups in total. The smallest absolute Gasteiger partial charge is 0.188 e. The number of aliphatic imine (C=N–C) groups is 1. The van der Waals surface area contributed by atoms with Gasteiger partial charge in [0.05, 0.1) is 7.11 Å². The zero-order valence-corrected chi connectivity index (χ0v) is 15.4. The topological polar surface area (TPSA) is 62.9 Å². The number of ether oxygens (including phenoxy) is 1. The second-order valence-electron chi connectivity index (χ2n) is 7.47. The summed E-state index contributed by atoms with van der Waals surface area (Å²) in [5.41, 5.74) is 7.34. The minimum atomic E-state index is 0.632. The van der Waals surface area contributed by atoms with Crippen LogP contribution in [0.5, 0.6) is 5.75 Å². The Labute approximate surface area is 151 Å². The van der Waals surface area contributed by atoms with Crippen LogP contribution >= 0.6 is 0 Å². The van der Waals surface area contributed by atoms with Gasteiger partial charge in [-0.25, -0.2) is 0 Å². The van der Waals surface area contributed by atoms with Gasteiger partial charge in [0.2, 0.25) is 0 Å². The lowest BCUT2D eigenvalue weighted by molar-refractivity contribution is 0.178. The van der Waals surface area contributed by atoms with Gasteiger partial charge in [-0.3, -0.25) is 9.89 Å². The second kappa shape index (κ2) is 9.09. The average Bonchev–Trinajstić information content (AvgIpc) is 2.60. The number of likely N-dealkylation sites (tertiary alicyclic amines) is 1. The summed E-state index contributed by atoms with van der Waals surface area (Å²) >= 11 is 0. The number of benzene rings is 1. The second-order valence-corrected chi connectivity index (χ2v) is 7.47. The summed E-state index contributed by atoms with van der Waals surface area (Å²) < 4.78 is 5.22. The number of nitrogens with two attached hydrogens (primary N) is 1. The van der Waals surface area contributed by atoms with Gasteiger partial charge in [-0.2, -0.15) is 0 Å². The average molecular weight is 345 g/mol. The number of piperidine rings is 1. The first-order valence-electron chi connectivity index (χ1n) is 9.62. The maximum Gasteiger partial charge on any atom is 0.188 e. The van der Waals surface area contributed by atoms with Gasteiger partial charge in [0, 0.05) is 19.6 Å². The fourth-order valence-electron chi connectivity index (χ4n) is 3.55. The Hall–Kier alpha value is -1.75. The molecule has 1 aliphatic heterocycles. The molecule has 0 unspecified atom stereocenters. The third kappa shape index (κ3) is 5.63. The molecule has 0 atom stereocenters.